The van der Waals surface area contributed by atoms with Crippen molar-refractivity contribution < 1.29 is 9.53 Å². The van der Waals surface area contributed by atoms with Crippen LogP contribution in [0.4, 0.5) is 0 Å². The van der Waals surface area contributed by atoms with Crippen LogP contribution in [-0.4, -0.2) is 15.9 Å². The van der Waals surface area contributed by atoms with E-state index in [2.05, 4.69) is 42.9 Å². The molecule has 1 aromatic heterocycles. The second-order valence-corrected chi connectivity index (χ2v) is 10.7. The van der Waals surface area contributed by atoms with Gasteiger partial charge in [-0.15, -0.1) is 0 Å². The fraction of sp³-hybridized carbons (Fsp3) is 0.457. The smallest absolute Gasteiger partial charge is 0.343 e. The van der Waals surface area contributed by atoms with Gasteiger partial charge in [0.25, 0.3) is 0 Å². The first-order valence-corrected chi connectivity index (χ1v) is 15.0. The number of ether oxygens (including phenoxy) is 1. The fourth-order valence-electron chi connectivity index (χ4n) is 4.49. The predicted octanol–water partition coefficient (Wildman–Crippen LogP) is 9.89. The number of hydrogen-bond acceptors (Lipinski definition) is 4. The Morgan fingerprint density at radius 3 is 2.23 bits per heavy atom. The summed E-state index contributed by atoms with van der Waals surface area (Å²) in [5.41, 5.74) is 3.71. The molecule has 1 atom stereocenters. The van der Waals surface area contributed by atoms with Crippen molar-refractivity contribution in [3.05, 3.63) is 83.7 Å². The highest BCUT2D eigenvalue weighted by molar-refractivity contribution is 5.91. The van der Waals surface area contributed by atoms with Gasteiger partial charge in [0, 0.05) is 18.0 Å². The molecule has 4 nitrogen and oxygen atoms in total. The van der Waals surface area contributed by atoms with Crippen molar-refractivity contribution in [3.63, 3.8) is 0 Å². The van der Waals surface area contributed by atoms with E-state index in [0.29, 0.717) is 17.1 Å². The van der Waals surface area contributed by atoms with Gasteiger partial charge in [0.2, 0.25) is 0 Å². The molecular formula is C35H46N2O2. The van der Waals surface area contributed by atoms with Crippen molar-refractivity contribution in [1.82, 2.24) is 9.97 Å². The zero-order valence-corrected chi connectivity index (χ0v) is 24.2. The minimum atomic E-state index is -0.362. The molecule has 1 unspecified atom stereocenters. The molecule has 0 spiro atoms. The number of esters is 1. The van der Waals surface area contributed by atoms with Crippen molar-refractivity contribution in [3.8, 4) is 17.1 Å². The van der Waals surface area contributed by atoms with Gasteiger partial charge in [-0.25, -0.2) is 14.8 Å². The van der Waals surface area contributed by atoms with Gasteiger partial charge in [-0.05, 0) is 79.1 Å². The zero-order valence-electron chi connectivity index (χ0n) is 24.2. The Bertz CT molecular complexity index is 1120. The number of unbranched alkanes of at least 4 members (excludes halogenated alkanes) is 7. The Hall–Kier alpha value is -3.27. The Kier molecular flexibility index (Phi) is 13.5. The Morgan fingerprint density at radius 2 is 1.54 bits per heavy atom. The van der Waals surface area contributed by atoms with Gasteiger partial charge in [0.15, 0.2) is 5.82 Å². The molecule has 208 valence electrons. The number of rotatable bonds is 17. The van der Waals surface area contributed by atoms with Crippen molar-refractivity contribution in [2.45, 2.75) is 97.8 Å². The molecule has 0 aliphatic carbocycles. The van der Waals surface area contributed by atoms with Gasteiger partial charge in [0.05, 0.1) is 5.56 Å². The second-order valence-electron chi connectivity index (χ2n) is 10.7. The molecule has 0 saturated heterocycles. The molecule has 0 radical (unpaired) electrons. The number of benzene rings is 2. The molecule has 3 aromatic rings. The highest BCUT2D eigenvalue weighted by Gasteiger charge is 2.09. The van der Waals surface area contributed by atoms with E-state index in [-0.39, 0.29) is 5.97 Å². The van der Waals surface area contributed by atoms with Crippen LogP contribution in [0.3, 0.4) is 0 Å². The number of carbonyl (C=O) groups excluding carboxylic acids is 1. The number of aromatic nitrogens is 2. The third-order valence-corrected chi connectivity index (χ3v) is 7.32. The highest BCUT2D eigenvalue weighted by Crippen LogP contribution is 2.21. The van der Waals surface area contributed by atoms with Crippen molar-refractivity contribution >= 4 is 12.0 Å². The third kappa shape index (κ3) is 11.2. The van der Waals surface area contributed by atoms with Crippen LogP contribution in [0.1, 0.15) is 113 Å². The molecule has 3 rings (SSSR count). The molecular weight excluding hydrogens is 480 g/mol. The summed E-state index contributed by atoms with van der Waals surface area (Å²) in [6.45, 7) is 6.83. The van der Waals surface area contributed by atoms with Crippen molar-refractivity contribution in [2.75, 3.05) is 0 Å². The van der Waals surface area contributed by atoms with Crippen LogP contribution in [0.15, 0.2) is 67.0 Å². The average Bonchev–Trinajstić information content (AvgIpc) is 2.97. The lowest BCUT2D eigenvalue weighted by atomic mass is 10.00. The van der Waals surface area contributed by atoms with Gasteiger partial charge in [-0.3, -0.25) is 0 Å². The number of carbonyl (C=O) groups is 1. The van der Waals surface area contributed by atoms with Gasteiger partial charge in [-0.2, -0.15) is 0 Å². The first-order valence-electron chi connectivity index (χ1n) is 15.0. The molecule has 0 amide bonds. The number of nitrogens with zero attached hydrogens (tertiary/aromatic N) is 2. The van der Waals surface area contributed by atoms with E-state index in [4.69, 9.17) is 4.74 Å². The van der Waals surface area contributed by atoms with E-state index in [1.807, 2.05) is 48.8 Å². The minimum Gasteiger partial charge on any atom is -0.423 e. The summed E-state index contributed by atoms with van der Waals surface area (Å²) in [4.78, 5) is 21.7. The van der Waals surface area contributed by atoms with Gasteiger partial charge < -0.3 is 4.74 Å². The third-order valence-electron chi connectivity index (χ3n) is 7.32. The highest BCUT2D eigenvalue weighted by atomic mass is 16.5. The number of allylic oxidation sites excluding steroid dienone is 1. The van der Waals surface area contributed by atoms with Crippen LogP contribution >= 0.6 is 0 Å². The molecule has 1 heterocycles. The lowest BCUT2D eigenvalue weighted by molar-refractivity contribution is 0.0735. The maximum absolute atomic E-state index is 12.6. The summed E-state index contributed by atoms with van der Waals surface area (Å²) in [5, 5.41) is 0. The Morgan fingerprint density at radius 1 is 0.846 bits per heavy atom. The largest absolute Gasteiger partial charge is 0.423 e. The molecule has 0 aliphatic heterocycles. The first kappa shape index (κ1) is 30.3. The second kappa shape index (κ2) is 17.3. The van der Waals surface area contributed by atoms with E-state index < -0.39 is 0 Å². The van der Waals surface area contributed by atoms with E-state index in [0.717, 1.165) is 29.9 Å². The monoisotopic (exact) mass is 526 g/mol. The van der Waals surface area contributed by atoms with Crippen molar-refractivity contribution in [2.24, 2.45) is 5.92 Å². The van der Waals surface area contributed by atoms with Gasteiger partial charge in [0.1, 0.15) is 5.75 Å². The Balaban J connectivity index is 1.43. The van der Waals surface area contributed by atoms with Crippen LogP contribution in [0.2, 0.25) is 0 Å². The van der Waals surface area contributed by atoms with E-state index >= 15 is 0 Å². The fourth-order valence-corrected chi connectivity index (χ4v) is 4.49. The average molecular weight is 527 g/mol. The van der Waals surface area contributed by atoms with Crippen LogP contribution in [0, 0.1) is 5.92 Å². The summed E-state index contributed by atoms with van der Waals surface area (Å²) < 4.78 is 5.58. The normalized spacial score (nSPS) is 12.1. The van der Waals surface area contributed by atoms with E-state index in [1.54, 1.807) is 12.1 Å². The molecule has 39 heavy (non-hydrogen) atoms. The maximum atomic E-state index is 12.6. The molecule has 0 N–H and O–H groups in total. The minimum absolute atomic E-state index is 0.362. The summed E-state index contributed by atoms with van der Waals surface area (Å²) in [6, 6.07) is 14.9. The quantitative estimate of drug-likeness (QED) is 0.0997. The van der Waals surface area contributed by atoms with Crippen LogP contribution in [0.5, 0.6) is 5.75 Å². The summed E-state index contributed by atoms with van der Waals surface area (Å²) in [6.07, 6.45) is 23.1. The SMILES string of the molecule is CCCCCCCC=Cc1ccc(C(=O)Oc2ccc(-c3ncc(CCCCCC(C)CC)cn3)cc2)cc1. The maximum Gasteiger partial charge on any atom is 0.343 e. The summed E-state index contributed by atoms with van der Waals surface area (Å²) in [5.74, 6) is 1.65. The van der Waals surface area contributed by atoms with Crippen LogP contribution in [0.25, 0.3) is 17.5 Å². The topological polar surface area (TPSA) is 52.1 Å². The molecule has 0 fully saturated rings. The van der Waals surface area contributed by atoms with Crippen LogP contribution in [-0.2, 0) is 6.42 Å². The van der Waals surface area contributed by atoms with E-state index in [9.17, 15) is 4.79 Å². The van der Waals surface area contributed by atoms with Gasteiger partial charge >= 0.3 is 5.97 Å². The van der Waals surface area contributed by atoms with Gasteiger partial charge in [-0.1, -0.05) is 96.4 Å². The molecule has 4 heteroatoms. The molecule has 0 aliphatic rings. The summed E-state index contributed by atoms with van der Waals surface area (Å²) in [7, 11) is 0. The Labute approximate surface area is 236 Å². The number of aryl methyl sites for hydroxylation is 1. The van der Waals surface area contributed by atoms with Crippen LogP contribution < -0.4 is 4.74 Å². The van der Waals surface area contributed by atoms with Crippen molar-refractivity contribution in [1.29, 1.82) is 0 Å². The standard InChI is InChI=1S/C35H46N2O2/c1-4-6-7-8-9-10-13-16-29-18-20-32(21-19-29)35(38)39-33-24-22-31(23-25-33)34-36-26-30(27-37-34)17-14-11-12-15-28(3)5-2/h13,16,18-28H,4-12,14-15,17H2,1-3H3. The van der Waals surface area contributed by atoms with E-state index in [1.165, 1.54) is 69.8 Å². The summed E-state index contributed by atoms with van der Waals surface area (Å²) >= 11 is 0. The molecule has 2 aromatic carbocycles. The zero-order chi connectivity index (χ0) is 27.7. The lowest BCUT2D eigenvalue weighted by Crippen LogP contribution is -2.08. The number of hydrogen-bond donors (Lipinski definition) is 0. The first-order chi connectivity index (χ1) is 19.1. The molecule has 0 saturated carbocycles. The predicted molar refractivity (Wildman–Crippen MR) is 163 cm³/mol. The lowest BCUT2D eigenvalue weighted by Gasteiger charge is -2.08. The molecule has 0 bridgehead atoms.